The molecule has 2 rings (SSSR count). The van der Waals surface area contributed by atoms with Gasteiger partial charge in [0.2, 0.25) is 0 Å². The fourth-order valence-corrected chi connectivity index (χ4v) is 2.65. The Bertz CT molecular complexity index is 681. The molecule has 0 spiro atoms. The summed E-state index contributed by atoms with van der Waals surface area (Å²) >= 11 is 1.37. The van der Waals surface area contributed by atoms with Gasteiger partial charge in [-0.1, -0.05) is 23.4 Å². The van der Waals surface area contributed by atoms with Crippen molar-refractivity contribution in [1.29, 1.82) is 0 Å². The molecule has 0 atom stereocenters. The van der Waals surface area contributed by atoms with E-state index in [-0.39, 0.29) is 11.7 Å². The number of benzene rings is 1. The van der Waals surface area contributed by atoms with Gasteiger partial charge in [0.1, 0.15) is 4.88 Å². The molecule has 1 heterocycles. The van der Waals surface area contributed by atoms with Gasteiger partial charge in [0, 0.05) is 19.2 Å². The van der Waals surface area contributed by atoms with Gasteiger partial charge in [-0.2, -0.15) is 0 Å². The van der Waals surface area contributed by atoms with Crippen LogP contribution in [0.1, 0.15) is 25.8 Å². The molecule has 0 unspecified atom stereocenters. The summed E-state index contributed by atoms with van der Waals surface area (Å²) in [6.45, 7) is 2.30. The molecule has 1 aromatic heterocycles. The molecule has 1 aromatic carbocycles. The molecule has 0 fully saturated rings. The van der Waals surface area contributed by atoms with Gasteiger partial charge in [-0.25, -0.2) is 4.98 Å². The Kier molecular flexibility index (Phi) is 4.54. The van der Waals surface area contributed by atoms with Crippen molar-refractivity contribution < 1.29 is 10.0 Å². The molecule has 0 aliphatic carbocycles. The molecule has 0 aliphatic rings. The van der Waals surface area contributed by atoms with Crippen LogP contribution < -0.4 is 5.73 Å². The maximum atomic E-state index is 12.2. The monoisotopic (exact) mass is 304 g/mol. The molecule has 0 bridgehead atoms. The summed E-state index contributed by atoms with van der Waals surface area (Å²) in [5.41, 5.74) is 7.07. The van der Waals surface area contributed by atoms with E-state index in [1.165, 1.54) is 11.3 Å². The molecule has 6 nitrogen and oxygen atoms in total. The molecule has 7 heteroatoms. The topological polar surface area (TPSA) is 91.8 Å². The second kappa shape index (κ2) is 6.36. The van der Waals surface area contributed by atoms with Gasteiger partial charge >= 0.3 is 0 Å². The van der Waals surface area contributed by atoms with Crippen LogP contribution in [0, 0.1) is 6.92 Å². The minimum Gasteiger partial charge on any atom is -0.409 e. The molecule has 110 valence electrons. The second-order valence-electron chi connectivity index (χ2n) is 4.59. The SMILES string of the molecule is Cc1ncc(C(=O)N(C)Cc2cccc(/C(N)=N/O)c2)s1. The van der Waals surface area contributed by atoms with Crippen molar-refractivity contribution in [3.63, 3.8) is 0 Å². The van der Waals surface area contributed by atoms with Crippen molar-refractivity contribution in [3.05, 3.63) is 51.5 Å². The van der Waals surface area contributed by atoms with Crippen LogP contribution in [0.4, 0.5) is 0 Å². The normalized spacial score (nSPS) is 11.4. The number of carbonyl (C=O) groups excluding carboxylic acids is 1. The molecular weight excluding hydrogens is 288 g/mol. The van der Waals surface area contributed by atoms with Crippen LogP contribution in [0.15, 0.2) is 35.6 Å². The number of hydrogen-bond acceptors (Lipinski definition) is 5. The highest BCUT2D eigenvalue weighted by atomic mass is 32.1. The Hall–Kier alpha value is -2.41. The van der Waals surface area contributed by atoms with E-state index in [4.69, 9.17) is 10.9 Å². The number of nitrogens with two attached hydrogens (primary N) is 1. The number of thiazole rings is 1. The summed E-state index contributed by atoms with van der Waals surface area (Å²) in [6, 6.07) is 7.22. The first-order chi connectivity index (χ1) is 10.0. The number of nitrogens with zero attached hydrogens (tertiary/aromatic N) is 3. The van der Waals surface area contributed by atoms with Crippen molar-refractivity contribution in [2.75, 3.05) is 7.05 Å². The summed E-state index contributed by atoms with van der Waals surface area (Å²) in [4.78, 5) is 18.6. The van der Waals surface area contributed by atoms with E-state index in [0.717, 1.165) is 10.6 Å². The Morgan fingerprint density at radius 3 is 2.90 bits per heavy atom. The number of rotatable bonds is 4. The molecule has 0 saturated carbocycles. The predicted octanol–water partition coefficient (Wildman–Crippen LogP) is 1.82. The largest absolute Gasteiger partial charge is 0.409 e. The van der Waals surface area contributed by atoms with Crippen LogP contribution >= 0.6 is 11.3 Å². The molecule has 0 radical (unpaired) electrons. The van der Waals surface area contributed by atoms with Crippen LogP contribution in [0.2, 0.25) is 0 Å². The summed E-state index contributed by atoms with van der Waals surface area (Å²) < 4.78 is 0. The number of amidine groups is 1. The Morgan fingerprint density at radius 1 is 1.52 bits per heavy atom. The van der Waals surface area contributed by atoms with E-state index in [0.29, 0.717) is 17.0 Å². The lowest BCUT2D eigenvalue weighted by Gasteiger charge is -2.16. The minimum absolute atomic E-state index is 0.0453. The highest BCUT2D eigenvalue weighted by Gasteiger charge is 2.15. The van der Waals surface area contributed by atoms with Crippen molar-refractivity contribution in [1.82, 2.24) is 9.88 Å². The smallest absolute Gasteiger partial charge is 0.265 e. The zero-order chi connectivity index (χ0) is 15.4. The lowest BCUT2D eigenvalue weighted by molar-refractivity contribution is 0.0789. The van der Waals surface area contributed by atoms with Gasteiger partial charge in [0.15, 0.2) is 5.84 Å². The van der Waals surface area contributed by atoms with Crippen molar-refractivity contribution in [2.45, 2.75) is 13.5 Å². The summed E-state index contributed by atoms with van der Waals surface area (Å²) in [6.07, 6.45) is 1.59. The highest BCUT2D eigenvalue weighted by molar-refractivity contribution is 7.13. The molecule has 3 N–H and O–H groups in total. The minimum atomic E-state index is -0.0743. The first-order valence-corrected chi connectivity index (χ1v) is 7.07. The molecule has 0 aliphatic heterocycles. The summed E-state index contributed by atoms with van der Waals surface area (Å²) in [7, 11) is 1.73. The molecule has 21 heavy (non-hydrogen) atoms. The fraction of sp³-hybridized carbons (Fsp3) is 0.214. The van der Waals surface area contributed by atoms with Gasteiger partial charge in [-0.15, -0.1) is 11.3 Å². The average molecular weight is 304 g/mol. The second-order valence-corrected chi connectivity index (χ2v) is 5.83. The van der Waals surface area contributed by atoms with Crippen LogP contribution in [0.3, 0.4) is 0 Å². The number of amides is 1. The third-order valence-corrected chi connectivity index (χ3v) is 3.83. The first kappa shape index (κ1) is 15.0. The maximum Gasteiger partial charge on any atom is 0.265 e. The number of hydrogen-bond donors (Lipinski definition) is 2. The molecular formula is C14H16N4O2S. The first-order valence-electron chi connectivity index (χ1n) is 6.26. The van der Waals surface area contributed by atoms with Crippen LogP contribution in [0.25, 0.3) is 0 Å². The van der Waals surface area contributed by atoms with E-state index in [2.05, 4.69) is 10.1 Å². The van der Waals surface area contributed by atoms with Crippen LogP contribution in [-0.2, 0) is 6.54 Å². The number of carbonyl (C=O) groups is 1. The molecule has 1 amide bonds. The average Bonchev–Trinajstić information content (AvgIpc) is 2.92. The van der Waals surface area contributed by atoms with Crippen molar-refractivity contribution in [3.8, 4) is 0 Å². The Labute approximate surface area is 126 Å². The van der Waals surface area contributed by atoms with Crippen LogP contribution in [-0.4, -0.2) is 33.9 Å². The molecule has 0 saturated heterocycles. The van der Waals surface area contributed by atoms with Crippen molar-refractivity contribution >= 4 is 23.1 Å². The summed E-state index contributed by atoms with van der Waals surface area (Å²) in [5, 5.41) is 12.5. The van der Waals surface area contributed by atoms with Gasteiger partial charge in [-0.05, 0) is 18.6 Å². The van der Waals surface area contributed by atoms with Crippen molar-refractivity contribution in [2.24, 2.45) is 10.9 Å². The van der Waals surface area contributed by atoms with Gasteiger partial charge < -0.3 is 15.8 Å². The van der Waals surface area contributed by atoms with E-state index < -0.39 is 0 Å². The van der Waals surface area contributed by atoms with Gasteiger partial charge in [0.05, 0.1) is 11.2 Å². The number of aromatic nitrogens is 1. The Balaban J connectivity index is 2.12. The third kappa shape index (κ3) is 3.57. The fourth-order valence-electron chi connectivity index (χ4n) is 1.88. The standard InChI is InChI=1S/C14H16N4O2S/c1-9-16-7-12(21-9)14(19)18(2)8-10-4-3-5-11(6-10)13(15)17-20/h3-7,20H,8H2,1-2H3,(H2,15,17). The van der Waals surface area contributed by atoms with E-state index in [1.807, 2.05) is 13.0 Å². The van der Waals surface area contributed by atoms with Gasteiger partial charge in [-0.3, -0.25) is 4.79 Å². The predicted molar refractivity (Wildman–Crippen MR) is 81.6 cm³/mol. The van der Waals surface area contributed by atoms with E-state index in [1.54, 1.807) is 36.3 Å². The maximum absolute atomic E-state index is 12.2. The highest BCUT2D eigenvalue weighted by Crippen LogP contribution is 2.15. The van der Waals surface area contributed by atoms with E-state index >= 15 is 0 Å². The zero-order valence-corrected chi connectivity index (χ0v) is 12.6. The zero-order valence-electron chi connectivity index (χ0n) is 11.8. The number of aryl methyl sites for hydroxylation is 1. The van der Waals surface area contributed by atoms with Crippen LogP contribution in [0.5, 0.6) is 0 Å². The lowest BCUT2D eigenvalue weighted by atomic mass is 10.1. The Morgan fingerprint density at radius 2 is 2.29 bits per heavy atom. The van der Waals surface area contributed by atoms with Gasteiger partial charge in [0.25, 0.3) is 5.91 Å². The quantitative estimate of drug-likeness (QED) is 0.390. The summed E-state index contributed by atoms with van der Waals surface area (Å²) in [5.74, 6) is -0.0290. The van der Waals surface area contributed by atoms with E-state index in [9.17, 15) is 4.79 Å². The third-order valence-electron chi connectivity index (χ3n) is 2.93. The lowest BCUT2D eigenvalue weighted by Crippen LogP contribution is -2.25. The molecule has 2 aromatic rings. The number of oxime groups is 1.